The van der Waals surface area contributed by atoms with Crippen molar-refractivity contribution >= 4 is 23.8 Å². The number of hydrogen-bond donors (Lipinski definition) is 1. The Morgan fingerprint density at radius 1 is 1.41 bits per heavy atom. The van der Waals surface area contributed by atoms with Gasteiger partial charge in [-0.15, -0.1) is 0 Å². The maximum absolute atomic E-state index is 6.31. The van der Waals surface area contributed by atoms with Crippen LogP contribution in [0.3, 0.4) is 0 Å². The molecule has 2 aromatic rings. The van der Waals surface area contributed by atoms with Crippen LogP contribution in [0.15, 0.2) is 18.2 Å². The first kappa shape index (κ1) is 12.3. The van der Waals surface area contributed by atoms with Crippen LogP contribution in [-0.2, 0) is 0 Å². The molecule has 2 rings (SSSR count). The number of rotatable bonds is 2. The third kappa shape index (κ3) is 2.15. The molecule has 1 heterocycles. The Morgan fingerprint density at radius 2 is 2.12 bits per heavy atom. The van der Waals surface area contributed by atoms with Crippen LogP contribution in [0.2, 0.25) is 5.02 Å². The molecule has 0 spiro atoms. The summed E-state index contributed by atoms with van der Waals surface area (Å²) in [6.07, 6.45) is 0. The number of aromatic nitrogens is 3. The summed E-state index contributed by atoms with van der Waals surface area (Å²) in [6, 6.07) is 6.15. The molecular weight excluding hydrogens is 254 g/mol. The van der Waals surface area contributed by atoms with Crippen LogP contribution in [0, 0.1) is 11.7 Å². The summed E-state index contributed by atoms with van der Waals surface area (Å²) in [4.78, 5) is 0. The van der Waals surface area contributed by atoms with E-state index >= 15 is 0 Å². The quantitative estimate of drug-likeness (QED) is 0.830. The molecule has 0 saturated carbocycles. The van der Waals surface area contributed by atoms with Crippen LogP contribution in [0.4, 0.5) is 0 Å². The van der Waals surface area contributed by atoms with E-state index in [2.05, 4.69) is 24.0 Å². The summed E-state index contributed by atoms with van der Waals surface area (Å²) in [6.45, 7) is 6.11. The highest BCUT2D eigenvalue weighted by molar-refractivity contribution is 7.71. The second-order valence-corrected chi connectivity index (χ2v) is 5.02. The Morgan fingerprint density at radius 3 is 2.76 bits per heavy atom. The van der Waals surface area contributed by atoms with Gasteiger partial charge in [0.15, 0.2) is 10.6 Å². The monoisotopic (exact) mass is 267 g/mol. The van der Waals surface area contributed by atoms with Crippen LogP contribution in [0.25, 0.3) is 11.4 Å². The summed E-state index contributed by atoms with van der Waals surface area (Å²) < 4.78 is 2.59. The highest BCUT2D eigenvalue weighted by Crippen LogP contribution is 2.30. The van der Waals surface area contributed by atoms with E-state index in [4.69, 9.17) is 23.8 Å². The molecule has 0 saturated heterocycles. The van der Waals surface area contributed by atoms with Crippen molar-refractivity contribution < 1.29 is 0 Å². The highest BCUT2D eigenvalue weighted by Gasteiger charge is 2.14. The predicted molar refractivity (Wildman–Crippen MR) is 73.0 cm³/mol. The molecule has 90 valence electrons. The van der Waals surface area contributed by atoms with Gasteiger partial charge < -0.3 is 0 Å². The SMILES string of the molecule is Cc1cccc(-c2n[nH]c(=S)n2C(C)C)c1Cl. The van der Waals surface area contributed by atoms with Gasteiger partial charge in [-0.25, -0.2) is 0 Å². The molecule has 5 heteroatoms. The third-order valence-corrected chi connectivity index (χ3v) is 3.44. The van der Waals surface area contributed by atoms with Crippen LogP contribution < -0.4 is 0 Å². The Bertz CT molecular complexity index is 598. The second kappa shape index (κ2) is 4.63. The summed E-state index contributed by atoms with van der Waals surface area (Å²) in [5.74, 6) is 0.790. The molecule has 1 aromatic heterocycles. The zero-order valence-electron chi connectivity index (χ0n) is 9.99. The summed E-state index contributed by atoms with van der Waals surface area (Å²) in [5.41, 5.74) is 1.95. The van der Waals surface area contributed by atoms with E-state index in [0.29, 0.717) is 4.77 Å². The van der Waals surface area contributed by atoms with Crippen LogP contribution >= 0.6 is 23.8 Å². The normalized spacial score (nSPS) is 11.1. The van der Waals surface area contributed by atoms with Gasteiger partial charge in [0.1, 0.15) is 0 Å². The van der Waals surface area contributed by atoms with E-state index in [0.717, 1.165) is 22.0 Å². The molecular formula is C12H14ClN3S. The van der Waals surface area contributed by atoms with E-state index in [9.17, 15) is 0 Å². The Hall–Kier alpha value is -1.13. The fraction of sp³-hybridized carbons (Fsp3) is 0.333. The lowest BCUT2D eigenvalue weighted by Crippen LogP contribution is -2.03. The zero-order chi connectivity index (χ0) is 12.6. The molecule has 0 aliphatic rings. The average Bonchev–Trinajstić information content (AvgIpc) is 2.64. The molecule has 3 nitrogen and oxygen atoms in total. The average molecular weight is 268 g/mol. The number of benzene rings is 1. The molecule has 0 fully saturated rings. The first-order valence-corrected chi connectivity index (χ1v) is 6.23. The van der Waals surface area contributed by atoms with E-state index < -0.39 is 0 Å². The topological polar surface area (TPSA) is 33.6 Å². The van der Waals surface area contributed by atoms with Gasteiger partial charge in [0, 0.05) is 11.6 Å². The number of hydrogen-bond acceptors (Lipinski definition) is 2. The van der Waals surface area contributed by atoms with E-state index in [1.165, 1.54) is 0 Å². The van der Waals surface area contributed by atoms with Crippen molar-refractivity contribution in [3.05, 3.63) is 33.6 Å². The number of nitrogens with zero attached hydrogens (tertiary/aromatic N) is 2. The zero-order valence-corrected chi connectivity index (χ0v) is 11.6. The molecule has 1 aromatic carbocycles. The molecule has 0 atom stereocenters. The van der Waals surface area contributed by atoms with Crippen molar-refractivity contribution in [3.63, 3.8) is 0 Å². The largest absolute Gasteiger partial charge is 0.298 e. The molecule has 0 bridgehead atoms. The number of nitrogens with one attached hydrogen (secondary N) is 1. The molecule has 0 aliphatic heterocycles. The van der Waals surface area contributed by atoms with Gasteiger partial charge in [-0.05, 0) is 44.6 Å². The van der Waals surface area contributed by atoms with Crippen LogP contribution in [0.1, 0.15) is 25.5 Å². The van der Waals surface area contributed by atoms with Gasteiger partial charge in [0.25, 0.3) is 0 Å². The minimum absolute atomic E-state index is 0.243. The van der Waals surface area contributed by atoms with Crippen molar-refractivity contribution in [2.24, 2.45) is 0 Å². The molecule has 0 aliphatic carbocycles. The summed E-state index contributed by atoms with van der Waals surface area (Å²) in [5, 5.41) is 7.82. The Labute approximate surface area is 110 Å². The van der Waals surface area contributed by atoms with Gasteiger partial charge >= 0.3 is 0 Å². The van der Waals surface area contributed by atoms with Crippen LogP contribution in [-0.4, -0.2) is 14.8 Å². The third-order valence-electron chi connectivity index (χ3n) is 2.65. The Kier molecular flexibility index (Phi) is 3.35. The summed E-state index contributed by atoms with van der Waals surface area (Å²) in [7, 11) is 0. The molecule has 0 unspecified atom stereocenters. The number of aryl methyl sites for hydroxylation is 1. The van der Waals surface area contributed by atoms with Crippen LogP contribution in [0.5, 0.6) is 0 Å². The van der Waals surface area contributed by atoms with Crippen molar-refractivity contribution in [1.82, 2.24) is 14.8 Å². The standard InChI is InChI=1S/C12H14ClN3S/c1-7(2)16-11(14-15-12(16)17)9-6-4-5-8(3)10(9)13/h4-7H,1-3H3,(H,15,17). The fourth-order valence-electron chi connectivity index (χ4n) is 1.79. The highest BCUT2D eigenvalue weighted by atomic mass is 35.5. The van der Waals surface area contributed by atoms with E-state index in [1.54, 1.807) is 0 Å². The fourth-order valence-corrected chi connectivity index (χ4v) is 2.35. The van der Waals surface area contributed by atoms with Crippen molar-refractivity contribution in [1.29, 1.82) is 0 Å². The number of halogens is 1. The van der Waals surface area contributed by atoms with E-state index in [-0.39, 0.29) is 6.04 Å². The van der Waals surface area contributed by atoms with Gasteiger partial charge in [-0.1, -0.05) is 23.7 Å². The van der Waals surface area contributed by atoms with E-state index in [1.807, 2.05) is 29.7 Å². The maximum Gasteiger partial charge on any atom is 0.195 e. The summed E-state index contributed by atoms with van der Waals surface area (Å²) >= 11 is 11.5. The van der Waals surface area contributed by atoms with Crippen molar-refractivity contribution in [3.8, 4) is 11.4 Å². The first-order valence-electron chi connectivity index (χ1n) is 5.44. The predicted octanol–water partition coefficient (Wildman–Crippen LogP) is 4.15. The number of H-pyrrole nitrogens is 1. The lowest BCUT2D eigenvalue weighted by Gasteiger charge is -2.12. The van der Waals surface area contributed by atoms with Crippen molar-refractivity contribution in [2.45, 2.75) is 26.8 Å². The van der Waals surface area contributed by atoms with Gasteiger partial charge in [-0.2, -0.15) is 5.10 Å². The lowest BCUT2D eigenvalue weighted by atomic mass is 10.1. The molecule has 0 radical (unpaired) electrons. The molecule has 17 heavy (non-hydrogen) atoms. The minimum atomic E-state index is 0.243. The second-order valence-electron chi connectivity index (χ2n) is 4.25. The molecule has 1 N–H and O–H groups in total. The maximum atomic E-state index is 6.31. The van der Waals surface area contributed by atoms with Crippen molar-refractivity contribution in [2.75, 3.05) is 0 Å². The smallest absolute Gasteiger partial charge is 0.195 e. The Balaban J connectivity index is 2.69. The first-order chi connectivity index (χ1) is 8.02. The lowest BCUT2D eigenvalue weighted by molar-refractivity contribution is 0.597. The number of aromatic amines is 1. The van der Waals surface area contributed by atoms with Gasteiger partial charge in [0.05, 0.1) is 5.02 Å². The van der Waals surface area contributed by atoms with Gasteiger partial charge in [0.2, 0.25) is 0 Å². The van der Waals surface area contributed by atoms with Gasteiger partial charge in [-0.3, -0.25) is 9.67 Å². The minimum Gasteiger partial charge on any atom is -0.298 e. The molecule has 0 amide bonds.